The Morgan fingerprint density at radius 2 is 2.08 bits per heavy atom. The molecule has 0 saturated carbocycles. The molecule has 1 unspecified atom stereocenters. The molecule has 2 N–H and O–H groups in total. The van der Waals surface area contributed by atoms with E-state index >= 15 is 0 Å². The second-order valence-corrected chi connectivity index (χ2v) is 6.56. The monoisotopic (exact) mass is 412 g/mol. The second-order valence-electron chi connectivity index (χ2n) is 5.71. The number of para-hydroxylation sites is 1. The molecule has 0 bridgehead atoms. The van der Waals surface area contributed by atoms with Crippen LogP contribution in [0, 0.1) is 0 Å². The largest absolute Gasteiger partial charge is 0.508 e. The Morgan fingerprint density at radius 3 is 2.88 bits per heavy atom. The molecule has 130 valence electrons. The zero-order valence-electron chi connectivity index (χ0n) is 13.5. The van der Waals surface area contributed by atoms with Gasteiger partial charge in [0.25, 0.3) is 0 Å². The molecule has 6 heteroatoms. The number of phenols is 1. The van der Waals surface area contributed by atoms with E-state index in [9.17, 15) is 5.11 Å². The summed E-state index contributed by atoms with van der Waals surface area (Å²) < 4.78 is 6.56. The van der Waals surface area contributed by atoms with Crippen LogP contribution >= 0.6 is 28.3 Å². The van der Waals surface area contributed by atoms with E-state index in [1.165, 1.54) is 5.56 Å². The summed E-state index contributed by atoms with van der Waals surface area (Å²) >= 11 is 3.58. The van der Waals surface area contributed by atoms with Crippen molar-refractivity contribution >= 4 is 28.3 Å². The van der Waals surface area contributed by atoms with Gasteiger partial charge in [0.2, 0.25) is 0 Å². The van der Waals surface area contributed by atoms with Gasteiger partial charge in [0, 0.05) is 36.2 Å². The van der Waals surface area contributed by atoms with Crippen LogP contribution in [0.1, 0.15) is 17.2 Å². The van der Waals surface area contributed by atoms with E-state index in [4.69, 9.17) is 4.74 Å². The number of nitrogens with one attached hydrogen (secondary N) is 1. The van der Waals surface area contributed by atoms with Crippen molar-refractivity contribution in [3.05, 3.63) is 58.1 Å². The lowest BCUT2D eigenvalue weighted by atomic mass is 10.0. The molecule has 0 aliphatic carbocycles. The minimum Gasteiger partial charge on any atom is -0.508 e. The number of halogens is 2. The molecule has 1 atom stereocenters. The van der Waals surface area contributed by atoms with Gasteiger partial charge in [0.15, 0.2) is 0 Å². The predicted octanol–water partition coefficient (Wildman–Crippen LogP) is 3.73. The van der Waals surface area contributed by atoms with Gasteiger partial charge in [-0.15, -0.1) is 12.4 Å². The standard InChI is InChI=1S/C18H21BrN2O2.ClH/c1-23-18-5-3-2-4-15(18)17-11-20-8-9-21(17)12-13-10-14(22)6-7-16(13)19;/h2-7,10,17,20,22H,8-9,11-12H2,1H3;1H. The van der Waals surface area contributed by atoms with E-state index in [-0.39, 0.29) is 18.4 Å². The number of phenolic OH excluding ortho intramolecular Hbond substituents is 1. The van der Waals surface area contributed by atoms with Crippen molar-refractivity contribution < 1.29 is 9.84 Å². The average Bonchev–Trinajstić information content (AvgIpc) is 2.58. The fourth-order valence-electron chi connectivity index (χ4n) is 3.09. The maximum Gasteiger partial charge on any atom is 0.123 e. The van der Waals surface area contributed by atoms with E-state index in [0.717, 1.165) is 42.0 Å². The van der Waals surface area contributed by atoms with Gasteiger partial charge in [-0.05, 0) is 29.8 Å². The highest BCUT2D eigenvalue weighted by atomic mass is 79.9. The smallest absolute Gasteiger partial charge is 0.123 e. The maximum absolute atomic E-state index is 9.76. The lowest BCUT2D eigenvalue weighted by molar-refractivity contribution is 0.150. The van der Waals surface area contributed by atoms with Gasteiger partial charge in [-0.2, -0.15) is 0 Å². The van der Waals surface area contributed by atoms with Crippen molar-refractivity contribution in [1.29, 1.82) is 0 Å². The molecule has 3 rings (SSSR count). The van der Waals surface area contributed by atoms with Gasteiger partial charge in [0.1, 0.15) is 11.5 Å². The molecule has 0 radical (unpaired) electrons. The van der Waals surface area contributed by atoms with Gasteiger partial charge in [0.05, 0.1) is 13.2 Å². The molecule has 1 saturated heterocycles. The number of benzene rings is 2. The Hall–Kier alpha value is -1.27. The van der Waals surface area contributed by atoms with Gasteiger partial charge >= 0.3 is 0 Å². The van der Waals surface area contributed by atoms with Gasteiger partial charge in [-0.1, -0.05) is 34.1 Å². The van der Waals surface area contributed by atoms with Crippen LogP contribution in [-0.4, -0.2) is 36.8 Å². The molecule has 1 fully saturated rings. The molecule has 1 aliphatic rings. The lowest BCUT2D eigenvalue weighted by Gasteiger charge is -2.37. The van der Waals surface area contributed by atoms with Crippen molar-refractivity contribution in [2.45, 2.75) is 12.6 Å². The molecular weight excluding hydrogens is 392 g/mol. The topological polar surface area (TPSA) is 44.7 Å². The highest BCUT2D eigenvalue weighted by Crippen LogP contribution is 2.32. The van der Waals surface area contributed by atoms with E-state index in [0.29, 0.717) is 5.75 Å². The first-order valence-electron chi connectivity index (χ1n) is 7.74. The van der Waals surface area contributed by atoms with Crippen LogP contribution in [-0.2, 0) is 6.54 Å². The summed E-state index contributed by atoms with van der Waals surface area (Å²) in [5, 5.41) is 13.2. The average molecular weight is 414 g/mol. The summed E-state index contributed by atoms with van der Waals surface area (Å²) in [5.74, 6) is 1.22. The molecule has 0 aromatic heterocycles. The van der Waals surface area contributed by atoms with Crippen molar-refractivity contribution in [1.82, 2.24) is 10.2 Å². The number of aromatic hydroxyl groups is 1. The quantitative estimate of drug-likeness (QED) is 0.801. The number of piperazine rings is 1. The Morgan fingerprint density at radius 1 is 1.29 bits per heavy atom. The first-order chi connectivity index (χ1) is 11.2. The molecule has 2 aromatic carbocycles. The Kier molecular flexibility index (Phi) is 6.92. The Balaban J connectivity index is 0.00000208. The molecule has 1 heterocycles. The number of rotatable bonds is 4. The molecule has 0 amide bonds. The molecule has 24 heavy (non-hydrogen) atoms. The summed E-state index contributed by atoms with van der Waals surface area (Å²) in [6.45, 7) is 3.57. The SMILES string of the molecule is COc1ccccc1C1CNCCN1Cc1cc(O)ccc1Br.Cl. The highest BCUT2D eigenvalue weighted by Gasteiger charge is 2.26. The summed E-state index contributed by atoms with van der Waals surface area (Å²) in [4.78, 5) is 2.42. The van der Waals surface area contributed by atoms with Gasteiger partial charge < -0.3 is 15.2 Å². The minimum atomic E-state index is 0. The van der Waals surface area contributed by atoms with Crippen molar-refractivity contribution in [3.63, 3.8) is 0 Å². The van der Waals surface area contributed by atoms with E-state index < -0.39 is 0 Å². The Bertz CT molecular complexity index is 684. The van der Waals surface area contributed by atoms with E-state index in [1.54, 1.807) is 13.2 Å². The number of hydrogen-bond donors (Lipinski definition) is 2. The van der Waals surface area contributed by atoms with Crippen molar-refractivity contribution in [2.75, 3.05) is 26.7 Å². The Labute approximate surface area is 157 Å². The van der Waals surface area contributed by atoms with Crippen LogP contribution in [0.25, 0.3) is 0 Å². The third-order valence-corrected chi connectivity index (χ3v) is 5.03. The van der Waals surface area contributed by atoms with Gasteiger partial charge in [-0.25, -0.2) is 0 Å². The number of ether oxygens (including phenoxy) is 1. The number of nitrogens with zero attached hydrogens (tertiary/aromatic N) is 1. The molecule has 2 aromatic rings. The molecular formula is C18H22BrClN2O2. The second kappa shape index (κ2) is 8.72. The molecule has 0 spiro atoms. The van der Waals surface area contributed by atoms with Crippen molar-refractivity contribution in [2.24, 2.45) is 0 Å². The summed E-state index contributed by atoms with van der Waals surface area (Å²) in [7, 11) is 1.71. The first kappa shape index (κ1) is 19.1. The van der Waals surface area contributed by atoms with Crippen LogP contribution < -0.4 is 10.1 Å². The number of methoxy groups -OCH3 is 1. The molecule has 1 aliphatic heterocycles. The summed E-state index contributed by atoms with van der Waals surface area (Å²) in [6.07, 6.45) is 0. The van der Waals surface area contributed by atoms with Crippen LogP contribution in [0.4, 0.5) is 0 Å². The fraction of sp³-hybridized carbons (Fsp3) is 0.333. The first-order valence-corrected chi connectivity index (χ1v) is 8.53. The van der Waals surface area contributed by atoms with Crippen LogP contribution in [0.2, 0.25) is 0 Å². The minimum absolute atomic E-state index is 0. The normalized spacial score (nSPS) is 18.0. The van der Waals surface area contributed by atoms with E-state index in [2.05, 4.69) is 38.3 Å². The fourth-order valence-corrected chi connectivity index (χ4v) is 3.46. The zero-order chi connectivity index (χ0) is 16.2. The van der Waals surface area contributed by atoms with Crippen LogP contribution in [0.5, 0.6) is 11.5 Å². The third-order valence-electron chi connectivity index (χ3n) is 4.25. The van der Waals surface area contributed by atoms with Gasteiger partial charge in [-0.3, -0.25) is 4.90 Å². The van der Waals surface area contributed by atoms with Crippen molar-refractivity contribution in [3.8, 4) is 11.5 Å². The van der Waals surface area contributed by atoms with E-state index in [1.807, 2.05) is 24.3 Å². The predicted molar refractivity (Wildman–Crippen MR) is 102 cm³/mol. The van der Waals surface area contributed by atoms with Crippen LogP contribution in [0.3, 0.4) is 0 Å². The van der Waals surface area contributed by atoms with Crippen LogP contribution in [0.15, 0.2) is 46.9 Å². The third kappa shape index (κ3) is 4.22. The highest BCUT2D eigenvalue weighted by molar-refractivity contribution is 9.10. The summed E-state index contributed by atoms with van der Waals surface area (Å²) in [5.41, 5.74) is 2.28. The number of hydrogen-bond acceptors (Lipinski definition) is 4. The zero-order valence-corrected chi connectivity index (χ0v) is 15.9. The maximum atomic E-state index is 9.76. The summed E-state index contributed by atoms with van der Waals surface area (Å²) in [6, 6.07) is 13.8. The molecule has 4 nitrogen and oxygen atoms in total. The lowest BCUT2D eigenvalue weighted by Crippen LogP contribution is -2.45.